The lowest BCUT2D eigenvalue weighted by atomic mass is 10.2. The Labute approximate surface area is 129 Å². The average molecular weight is 309 g/mol. The Balaban J connectivity index is 2.31. The van der Waals surface area contributed by atoms with Crippen molar-refractivity contribution in [2.75, 3.05) is 0 Å². The first kappa shape index (κ1) is 13.0. The molecule has 4 rings (SSSR count). The molecule has 22 heavy (non-hydrogen) atoms. The molecule has 0 atom stereocenters. The first-order valence-electron chi connectivity index (χ1n) is 6.79. The topological polar surface area (TPSA) is 52.2 Å². The summed E-state index contributed by atoms with van der Waals surface area (Å²) < 4.78 is 7.03. The van der Waals surface area contributed by atoms with Crippen molar-refractivity contribution in [3.05, 3.63) is 58.3 Å². The molecular formula is C17H11NO3S. The molecule has 0 spiro atoms. The molecule has 1 aromatic carbocycles. The van der Waals surface area contributed by atoms with Crippen molar-refractivity contribution in [3.63, 3.8) is 0 Å². The number of fused-ring (bicyclic) bond motifs is 3. The molecule has 0 saturated carbocycles. The molecule has 3 heterocycles. The minimum Gasteiger partial charge on any atom is -0.420 e. The van der Waals surface area contributed by atoms with Crippen LogP contribution in [0.3, 0.4) is 0 Å². The standard InChI is InChI=1S/C17H11NO3S/c1-10(19)18-13-6-3-2-5-11(13)17-16(18)12(9-15(20)21-17)14-7-4-8-22-14/h2-9H,1H3. The van der Waals surface area contributed by atoms with Crippen LogP contribution in [0.4, 0.5) is 0 Å². The van der Waals surface area contributed by atoms with Crippen molar-refractivity contribution in [2.45, 2.75) is 6.92 Å². The quantitative estimate of drug-likeness (QED) is 0.531. The number of nitrogens with zero attached hydrogens (tertiary/aromatic N) is 1. The molecule has 0 bridgehead atoms. The Morgan fingerprint density at radius 3 is 2.73 bits per heavy atom. The van der Waals surface area contributed by atoms with Crippen molar-refractivity contribution >= 4 is 39.2 Å². The molecular weight excluding hydrogens is 298 g/mol. The van der Waals surface area contributed by atoms with E-state index >= 15 is 0 Å². The normalized spacial score (nSPS) is 11.3. The van der Waals surface area contributed by atoms with Crippen LogP contribution in [-0.2, 0) is 0 Å². The van der Waals surface area contributed by atoms with Gasteiger partial charge in [0.15, 0.2) is 5.58 Å². The highest BCUT2D eigenvalue weighted by molar-refractivity contribution is 7.13. The molecule has 4 nitrogen and oxygen atoms in total. The lowest BCUT2D eigenvalue weighted by molar-refractivity contribution is 0.0946. The van der Waals surface area contributed by atoms with Gasteiger partial charge >= 0.3 is 5.63 Å². The summed E-state index contributed by atoms with van der Waals surface area (Å²) in [6, 6.07) is 12.7. The number of carbonyl (C=O) groups excluding carboxylic acids is 1. The molecule has 0 aliphatic heterocycles. The Hall–Kier alpha value is -2.66. The van der Waals surface area contributed by atoms with Gasteiger partial charge in [0.2, 0.25) is 5.91 Å². The van der Waals surface area contributed by atoms with Crippen molar-refractivity contribution in [3.8, 4) is 10.4 Å². The summed E-state index contributed by atoms with van der Waals surface area (Å²) >= 11 is 1.52. The maximum absolute atomic E-state index is 12.2. The lowest BCUT2D eigenvalue weighted by Gasteiger charge is -2.05. The number of benzene rings is 1. The van der Waals surface area contributed by atoms with Gasteiger partial charge in [0, 0.05) is 28.8 Å². The number of para-hydroxylation sites is 1. The van der Waals surface area contributed by atoms with Gasteiger partial charge in [0.25, 0.3) is 0 Å². The summed E-state index contributed by atoms with van der Waals surface area (Å²) in [5.74, 6) is -0.113. The third-order valence-corrected chi connectivity index (χ3v) is 4.55. The fourth-order valence-electron chi connectivity index (χ4n) is 2.82. The molecule has 0 aliphatic rings. The zero-order chi connectivity index (χ0) is 15.3. The fourth-order valence-corrected chi connectivity index (χ4v) is 3.56. The van der Waals surface area contributed by atoms with Gasteiger partial charge in [-0.3, -0.25) is 9.36 Å². The summed E-state index contributed by atoms with van der Waals surface area (Å²) in [7, 11) is 0. The molecule has 0 fully saturated rings. The van der Waals surface area contributed by atoms with Gasteiger partial charge in [-0.1, -0.05) is 18.2 Å². The van der Waals surface area contributed by atoms with Gasteiger partial charge < -0.3 is 4.42 Å². The number of hydrogen-bond donors (Lipinski definition) is 0. The number of carbonyl (C=O) groups is 1. The van der Waals surface area contributed by atoms with Crippen LogP contribution in [0.2, 0.25) is 0 Å². The van der Waals surface area contributed by atoms with Crippen molar-refractivity contribution < 1.29 is 9.21 Å². The predicted octanol–water partition coefficient (Wildman–Crippen LogP) is 4.14. The van der Waals surface area contributed by atoms with Crippen molar-refractivity contribution in [1.82, 2.24) is 4.57 Å². The molecule has 0 amide bonds. The highest BCUT2D eigenvalue weighted by Crippen LogP contribution is 2.36. The molecule has 0 saturated heterocycles. The molecule has 4 aromatic rings. The number of hydrogen-bond acceptors (Lipinski definition) is 4. The Bertz CT molecular complexity index is 1070. The van der Waals surface area contributed by atoms with Gasteiger partial charge in [-0.25, -0.2) is 4.79 Å². The van der Waals surface area contributed by atoms with E-state index in [4.69, 9.17) is 4.42 Å². The SMILES string of the molecule is CC(=O)n1c2ccccc2c2oc(=O)cc(-c3cccs3)c21. The van der Waals surface area contributed by atoms with Crippen molar-refractivity contribution in [1.29, 1.82) is 0 Å². The molecule has 108 valence electrons. The second kappa shape index (κ2) is 4.68. The van der Waals surface area contributed by atoms with Crippen LogP contribution in [0.15, 0.2) is 57.1 Å². The van der Waals surface area contributed by atoms with Crippen LogP contribution in [-0.4, -0.2) is 10.5 Å². The van der Waals surface area contributed by atoms with Crippen LogP contribution in [0.25, 0.3) is 32.4 Å². The van der Waals surface area contributed by atoms with E-state index in [1.54, 1.807) is 4.57 Å². The maximum Gasteiger partial charge on any atom is 0.336 e. The fraction of sp³-hybridized carbons (Fsp3) is 0.0588. The number of rotatable bonds is 1. The van der Waals surface area contributed by atoms with E-state index in [1.165, 1.54) is 24.3 Å². The molecule has 0 aliphatic carbocycles. The zero-order valence-electron chi connectivity index (χ0n) is 11.7. The van der Waals surface area contributed by atoms with Crippen LogP contribution in [0.5, 0.6) is 0 Å². The summed E-state index contributed by atoms with van der Waals surface area (Å²) in [6.45, 7) is 1.51. The summed E-state index contributed by atoms with van der Waals surface area (Å²) in [5.41, 5.74) is 2.17. The first-order chi connectivity index (χ1) is 10.7. The van der Waals surface area contributed by atoms with Crippen molar-refractivity contribution in [2.24, 2.45) is 0 Å². The first-order valence-corrected chi connectivity index (χ1v) is 7.67. The van der Waals surface area contributed by atoms with E-state index in [0.29, 0.717) is 11.1 Å². The number of thiophene rings is 1. The van der Waals surface area contributed by atoms with Gasteiger partial charge in [-0.2, -0.15) is 0 Å². The maximum atomic E-state index is 12.2. The van der Waals surface area contributed by atoms with Crippen LogP contribution in [0, 0.1) is 0 Å². The predicted molar refractivity (Wildman–Crippen MR) is 87.6 cm³/mol. The van der Waals surface area contributed by atoms with E-state index in [0.717, 1.165) is 21.3 Å². The van der Waals surface area contributed by atoms with Gasteiger partial charge in [-0.05, 0) is 23.6 Å². The Kier molecular flexibility index (Phi) is 2.77. The lowest BCUT2D eigenvalue weighted by Crippen LogP contribution is -2.07. The van der Waals surface area contributed by atoms with E-state index in [2.05, 4.69) is 0 Å². The van der Waals surface area contributed by atoms with E-state index in [9.17, 15) is 9.59 Å². The largest absolute Gasteiger partial charge is 0.420 e. The number of aromatic nitrogens is 1. The van der Waals surface area contributed by atoms with Gasteiger partial charge in [0.05, 0.1) is 5.52 Å². The van der Waals surface area contributed by atoms with E-state index < -0.39 is 5.63 Å². The molecule has 3 aromatic heterocycles. The molecule has 0 unspecified atom stereocenters. The third-order valence-electron chi connectivity index (χ3n) is 3.65. The minimum absolute atomic E-state index is 0.113. The molecule has 0 N–H and O–H groups in total. The summed E-state index contributed by atoms with van der Waals surface area (Å²) in [6.07, 6.45) is 0. The van der Waals surface area contributed by atoms with Gasteiger partial charge in [-0.15, -0.1) is 11.3 Å². The third kappa shape index (κ3) is 1.76. The highest BCUT2D eigenvalue weighted by atomic mass is 32.1. The zero-order valence-corrected chi connectivity index (χ0v) is 12.5. The van der Waals surface area contributed by atoms with E-state index in [1.807, 2.05) is 41.8 Å². The molecule has 0 radical (unpaired) electrons. The minimum atomic E-state index is -0.414. The monoisotopic (exact) mass is 309 g/mol. The Morgan fingerprint density at radius 1 is 1.18 bits per heavy atom. The second-order valence-electron chi connectivity index (χ2n) is 5.01. The molecule has 5 heteroatoms. The van der Waals surface area contributed by atoms with E-state index in [-0.39, 0.29) is 5.91 Å². The summed E-state index contributed by atoms with van der Waals surface area (Å²) in [5, 5.41) is 2.71. The van der Waals surface area contributed by atoms with Crippen LogP contribution < -0.4 is 5.63 Å². The van der Waals surface area contributed by atoms with Gasteiger partial charge in [0.1, 0.15) is 5.52 Å². The highest BCUT2D eigenvalue weighted by Gasteiger charge is 2.20. The average Bonchev–Trinajstić information content (AvgIpc) is 3.12. The van der Waals surface area contributed by atoms with Crippen LogP contribution >= 0.6 is 11.3 Å². The van der Waals surface area contributed by atoms with Crippen LogP contribution in [0.1, 0.15) is 11.7 Å². The second-order valence-corrected chi connectivity index (χ2v) is 5.95. The summed E-state index contributed by atoms with van der Waals surface area (Å²) in [4.78, 5) is 25.1. The Morgan fingerprint density at radius 2 is 2.00 bits per heavy atom. The smallest absolute Gasteiger partial charge is 0.336 e.